The van der Waals surface area contributed by atoms with Crippen molar-refractivity contribution in [2.75, 3.05) is 5.32 Å². The number of esters is 2. The lowest BCUT2D eigenvalue weighted by Gasteiger charge is -2.15. The molecule has 7 rings (SSSR count). The lowest BCUT2D eigenvalue weighted by Crippen LogP contribution is -2.23. The van der Waals surface area contributed by atoms with E-state index in [0.29, 0.717) is 22.6 Å². The fraction of sp³-hybridized carbons (Fsp3) is 0.167. The molecule has 0 saturated heterocycles. The van der Waals surface area contributed by atoms with Gasteiger partial charge < -0.3 is 29.0 Å². The summed E-state index contributed by atoms with van der Waals surface area (Å²) in [5.74, 6) is -5.19. The number of halogens is 9. The number of amides is 1. The Bertz CT molecular complexity index is 2560. The lowest BCUT2D eigenvalue weighted by atomic mass is 10.0. The molecule has 0 saturated carbocycles. The molecule has 326 valence electrons. The van der Waals surface area contributed by atoms with Crippen LogP contribution in [0.5, 0.6) is 23.0 Å². The molecule has 0 aromatic heterocycles. The third-order valence-corrected chi connectivity index (χ3v) is 9.57. The van der Waals surface area contributed by atoms with Gasteiger partial charge in [0, 0.05) is 21.7 Å². The van der Waals surface area contributed by atoms with Gasteiger partial charge in [-0.1, -0.05) is 36.4 Å². The molecule has 63 heavy (non-hydrogen) atoms. The molecule has 5 aromatic carbocycles. The van der Waals surface area contributed by atoms with E-state index in [1.807, 2.05) is 0 Å². The Balaban J connectivity index is 1.05. The summed E-state index contributed by atoms with van der Waals surface area (Å²) in [7, 11) is 0. The van der Waals surface area contributed by atoms with E-state index >= 15 is 0 Å². The minimum absolute atomic E-state index is 0.0212. The Morgan fingerprint density at radius 1 is 0.603 bits per heavy atom. The van der Waals surface area contributed by atoms with Crippen LogP contribution < -0.4 is 19.5 Å². The molecule has 5 aromatic rings. The zero-order valence-corrected chi connectivity index (χ0v) is 32.3. The fourth-order valence-corrected chi connectivity index (χ4v) is 6.44. The predicted octanol–water partition coefficient (Wildman–Crippen LogP) is 10.6. The highest BCUT2D eigenvalue weighted by molar-refractivity contribution is 8.00. The number of ether oxygens (including phenoxy) is 5. The van der Waals surface area contributed by atoms with E-state index in [1.54, 1.807) is 12.1 Å². The topological polar surface area (TPSA) is 134 Å². The first-order valence-electron chi connectivity index (χ1n) is 18.0. The van der Waals surface area contributed by atoms with Gasteiger partial charge in [0.05, 0.1) is 0 Å². The number of alkyl halides is 9. The van der Waals surface area contributed by atoms with E-state index in [0.717, 1.165) is 0 Å². The Kier molecular flexibility index (Phi) is 12.4. The molecule has 1 amide bonds. The summed E-state index contributed by atoms with van der Waals surface area (Å²) < 4.78 is 142. The quantitative estimate of drug-likeness (QED) is 0.0696. The molecule has 0 bridgehead atoms. The third-order valence-electron chi connectivity index (χ3n) is 8.83. The number of nitrogens with one attached hydrogen (secondary N) is 1. The number of carbonyl (C=O) groups is 3. The fourth-order valence-electron chi connectivity index (χ4n) is 5.90. The van der Waals surface area contributed by atoms with E-state index in [2.05, 4.69) is 24.8 Å². The summed E-state index contributed by atoms with van der Waals surface area (Å²) in [6.45, 7) is -0.296. The number of hydrogen-bond acceptors (Lipinski definition) is 11. The number of cyclic esters (lactones) is 2. The molecule has 0 radical (unpaired) electrons. The first kappa shape index (κ1) is 44.0. The summed E-state index contributed by atoms with van der Waals surface area (Å²) in [4.78, 5) is 44.5. The second-order valence-electron chi connectivity index (χ2n) is 13.3. The van der Waals surface area contributed by atoms with Crippen molar-refractivity contribution in [2.24, 2.45) is 9.98 Å². The SMILES string of the molecule is O=C(Nc1ccc(Oc2ccc(SC(F)(F)F)cc2)cc1)c1cc(COc2ccc(C3N=C(C(F)(F)F)OC3=O)cc2)ccc1COc1ccc(C2N=C(C(F)(F)F)OC2=O)cc1. The highest BCUT2D eigenvalue weighted by atomic mass is 32.2. The predicted molar refractivity (Wildman–Crippen MR) is 205 cm³/mol. The number of aliphatic imine (C=N–C) groups is 2. The molecule has 2 aliphatic heterocycles. The van der Waals surface area contributed by atoms with Gasteiger partial charge in [-0.25, -0.2) is 19.6 Å². The van der Waals surface area contributed by atoms with Gasteiger partial charge in [0.1, 0.15) is 36.2 Å². The van der Waals surface area contributed by atoms with E-state index in [-0.39, 0.29) is 63.8 Å². The largest absolute Gasteiger partial charge is 0.489 e. The number of carbonyl (C=O) groups excluding carboxylic acids is 3. The molecular weight excluding hydrogens is 878 g/mol. The summed E-state index contributed by atoms with van der Waals surface area (Å²) in [6.07, 6.45) is -9.88. The lowest BCUT2D eigenvalue weighted by molar-refractivity contribution is -0.139. The van der Waals surface area contributed by atoms with Crippen molar-refractivity contribution < 1.29 is 77.6 Å². The summed E-state index contributed by atoms with van der Waals surface area (Å²) in [5.41, 5.74) is -2.88. The van der Waals surface area contributed by atoms with Crippen molar-refractivity contribution in [2.45, 2.75) is 48.1 Å². The van der Waals surface area contributed by atoms with E-state index in [9.17, 15) is 53.9 Å². The molecule has 2 atom stereocenters. The van der Waals surface area contributed by atoms with Gasteiger partial charge in [-0.3, -0.25) is 4.79 Å². The number of nitrogens with zero attached hydrogens (tertiary/aromatic N) is 2. The van der Waals surface area contributed by atoms with Gasteiger partial charge >= 0.3 is 41.6 Å². The monoisotopic (exact) mass is 903 g/mol. The molecule has 2 unspecified atom stereocenters. The Morgan fingerprint density at radius 3 is 1.52 bits per heavy atom. The minimum atomic E-state index is -4.94. The number of rotatable bonds is 13. The Morgan fingerprint density at radius 2 is 1.06 bits per heavy atom. The number of anilines is 1. The summed E-state index contributed by atoms with van der Waals surface area (Å²) >= 11 is -0.263. The van der Waals surface area contributed by atoms with Gasteiger partial charge in [-0.2, -0.15) is 39.5 Å². The molecule has 0 spiro atoms. The standard InChI is InChI=1S/C42H26F9N3O8S/c43-40(44,45)38-53-33(36(56)61-38)23-3-9-27(10-4-23)58-20-22-1-2-25(21-59-28-11-5-24(6-12-28)34-37(57)62-39(54-34)41(46,47)48)32(19-22)35(55)52-26-7-13-29(14-8-26)60-30-15-17-31(18-16-30)63-42(49,50)51/h1-19,33-34H,20-21H2,(H,52,55). The number of benzene rings is 5. The average molecular weight is 904 g/mol. The van der Waals surface area contributed by atoms with Crippen LogP contribution in [0.3, 0.4) is 0 Å². The zero-order valence-electron chi connectivity index (χ0n) is 31.5. The van der Waals surface area contributed by atoms with Gasteiger partial charge in [-0.05, 0) is 107 Å². The van der Waals surface area contributed by atoms with Gasteiger partial charge in [0.25, 0.3) is 5.91 Å². The van der Waals surface area contributed by atoms with Crippen molar-refractivity contribution in [3.8, 4) is 23.0 Å². The first-order chi connectivity index (χ1) is 29.8. The maximum atomic E-state index is 13.8. The van der Waals surface area contributed by atoms with Crippen molar-refractivity contribution in [3.05, 3.63) is 143 Å². The molecule has 11 nitrogen and oxygen atoms in total. The molecule has 0 fully saturated rings. The number of thioether (sulfide) groups is 1. The summed E-state index contributed by atoms with van der Waals surface area (Å²) in [6, 6.07) is 24.1. The zero-order chi connectivity index (χ0) is 45.1. The van der Waals surface area contributed by atoms with Crippen LogP contribution in [0, 0.1) is 0 Å². The maximum absolute atomic E-state index is 13.8. The van der Waals surface area contributed by atoms with E-state index < -0.39 is 59.6 Å². The van der Waals surface area contributed by atoms with Gasteiger partial charge in [0.15, 0.2) is 12.1 Å². The molecular formula is C42H26F9N3O8S. The molecule has 21 heteroatoms. The highest BCUT2D eigenvalue weighted by Crippen LogP contribution is 2.38. The normalized spacial score (nSPS) is 16.5. The maximum Gasteiger partial charge on any atom is 0.468 e. The molecule has 0 aliphatic carbocycles. The van der Waals surface area contributed by atoms with Crippen LogP contribution in [-0.4, -0.2) is 47.5 Å². The smallest absolute Gasteiger partial charge is 0.468 e. The Hall–Kier alpha value is -7.03. The van der Waals surface area contributed by atoms with Crippen LogP contribution >= 0.6 is 11.8 Å². The van der Waals surface area contributed by atoms with Crippen LogP contribution in [0.4, 0.5) is 45.2 Å². The third kappa shape index (κ3) is 11.3. The van der Waals surface area contributed by atoms with Crippen LogP contribution in [0.25, 0.3) is 0 Å². The average Bonchev–Trinajstić information content (AvgIpc) is 3.84. The van der Waals surface area contributed by atoms with Crippen molar-refractivity contribution in [1.29, 1.82) is 0 Å². The van der Waals surface area contributed by atoms with Crippen molar-refractivity contribution >= 4 is 47.1 Å². The first-order valence-corrected chi connectivity index (χ1v) is 18.8. The molecule has 2 heterocycles. The number of hydrogen-bond donors (Lipinski definition) is 1. The van der Waals surface area contributed by atoms with Crippen LogP contribution in [0.1, 0.15) is 44.7 Å². The highest BCUT2D eigenvalue weighted by Gasteiger charge is 2.47. The Labute approximate surface area is 353 Å². The summed E-state index contributed by atoms with van der Waals surface area (Å²) in [5, 5.41) is 2.77. The van der Waals surface area contributed by atoms with Gasteiger partial charge in [-0.15, -0.1) is 0 Å². The minimum Gasteiger partial charge on any atom is -0.489 e. The van der Waals surface area contributed by atoms with Crippen LogP contribution in [0.15, 0.2) is 130 Å². The molecule has 1 N–H and O–H groups in total. The van der Waals surface area contributed by atoms with E-state index in [1.165, 1.54) is 103 Å². The van der Waals surface area contributed by atoms with Crippen molar-refractivity contribution in [3.63, 3.8) is 0 Å². The second kappa shape index (κ2) is 17.8. The van der Waals surface area contributed by atoms with Gasteiger partial charge in [0.2, 0.25) is 0 Å². The van der Waals surface area contributed by atoms with Crippen LogP contribution in [-0.2, 0) is 32.3 Å². The molecule has 2 aliphatic rings. The van der Waals surface area contributed by atoms with Crippen molar-refractivity contribution in [1.82, 2.24) is 0 Å². The van der Waals surface area contributed by atoms with E-state index in [4.69, 9.17) is 14.2 Å². The van der Waals surface area contributed by atoms with Crippen LogP contribution in [0.2, 0.25) is 0 Å². The second-order valence-corrected chi connectivity index (χ2v) is 14.5.